The van der Waals surface area contributed by atoms with Crippen molar-refractivity contribution in [1.29, 1.82) is 0 Å². The average Bonchev–Trinajstić information content (AvgIpc) is 2.33. The molecular formula is C11H14N4O4. The van der Waals surface area contributed by atoms with Gasteiger partial charge < -0.3 is 0 Å². The lowest BCUT2D eigenvalue weighted by Crippen LogP contribution is -2.44. The maximum absolute atomic E-state index is 11.8. The number of rotatable bonds is 3. The van der Waals surface area contributed by atoms with Crippen LogP contribution in [0.4, 0.5) is 0 Å². The van der Waals surface area contributed by atoms with Crippen molar-refractivity contribution in [2.75, 3.05) is 14.1 Å². The molecule has 102 valence electrons. The molecule has 0 aromatic heterocycles. The fourth-order valence-electron chi connectivity index (χ4n) is 1.36. The first-order valence-corrected chi connectivity index (χ1v) is 5.45. The van der Waals surface area contributed by atoms with Crippen molar-refractivity contribution in [3.63, 3.8) is 0 Å². The van der Waals surface area contributed by atoms with Gasteiger partial charge in [0.15, 0.2) is 5.78 Å². The summed E-state index contributed by atoms with van der Waals surface area (Å²) < 4.78 is 0. The van der Waals surface area contributed by atoms with Gasteiger partial charge in [0.25, 0.3) is 0 Å². The lowest BCUT2D eigenvalue weighted by atomic mass is 9.95. The van der Waals surface area contributed by atoms with Crippen LogP contribution in [0.25, 0.3) is 0 Å². The molecule has 19 heavy (non-hydrogen) atoms. The molecule has 0 radical (unpaired) electrons. The largest absolute Gasteiger partial charge is 0.310 e. The van der Waals surface area contributed by atoms with Crippen molar-refractivity contribution in [3.8, 4) is 0 Å². The Balaban J connectivity index is 3.18. The zero-order valence-electron chi connectivity index (χ0n) is 11.1. The lowest BCUT2D eigenvalue weighted by Gasteiger charge is -2.21. The van der Waals surface area contributed by atoms with Crippen LogP contribution < -0.4 is 0 Å². The molecule has 1 unspecified atom stereocenters. The van der Waals surface area contributed by atoms with Crippen LogP contribution in [-0.2, 0) is 19.2 Å². The van der Waals surface area contributed by atoms with E-state index < -0.39 is 29.3 Å². The smallest absolute Gasteiger partial charge is 0.293 e. The molecule has 0 saturated heterocycles. The van der Waals surface area contributed by atoms with E-state index in [1.807, 2.05) is 0 Å². The molecule has 1 heterocycles. The number of amides is 2. The number of hydrazone groups is 2. The minimum absolute atomic E-state index is 0.187. The van der Waals surface area contributed by atoms with Gasteiger partial charge in [0, 0.05) is 34.2 Å². The van der Waals surface area contributed by atoms with Gasteiger partial charge >= 0.3 is 5.91 Å². The third-order valence-electron chi connectivity index (χ3n) is 2.54. The Morgan fingerprint density at radius 1 is 1.37 bits per heavy atom. The highest BCUT2D eigenvalue weighted by Crippen LogP contribution is 2.10. The van der Waals surface area contributed by atoms with Gasteiger partial charge in [0.05, 0.1) is 0 Å². The van der Waals surface area contributed by atoms with Gasteiger partial charge in [0.2, 0.25) is 11.7 Å². The number of nitrogens with zero attached hydrogens (tertiary/aromatic N) is 4. The van der Waals surface area contributed by atoms with Gasteiger partial charge in [-0.05, 0) is 0 Å². The van der Waals surface area contributed by atoms with Gasteiger partial charge in [-0.15, -0.1) is 0 Å². The fraction of sp³-hybridized carbons (Fsp3) is 0.455. The first kappa shape index (κ1) is 14.7. The molecule has 2 amide bonds. The third kappa shape index (κ3) is 3.09. The molecule has 0 N–H and O–H groups in total. The molecule has 8 nitrogen and oxygen atoms in total. The van der Waals surface area contributed by atoms with Crippen LogP contribution in [0.1, 0.15) is 13.8 Å². The van der Waals surface area contributed by atoms with Crippen LogP contribution in [0.2, 0.25) is 0 Å². The summed E-state index contributed by atoms with van der Waals surface area (Å²) in [6.07, 6.45) is 1.16. The van der Waals surface area contributed by atoms with E-state index in [9.17, 15) is 19.2 Å². The fourth-order valence-corrected chi connectivity index (χ4v) is 1.36. The molecule has 1 aliphatic heterocycles. The van der Waals surface area contributed by atoms with Crippen molar-refractivity contribution < 1.29 is 19.2 Å². The minimum Gasteiger partial charge on any atom is -0.293 e. The Labute approximate surface area is 109 Å². The second kappa shape index (κ2) is 5.51. The standard InChI is InChI=1S/C11H14N4O4/c1-6(16)9(13-14(3)7(2)17)8-5-12-15(4)11(19)10(8)18/h5,8H,1-4H3/b13-9+. The normalized spacial score (nSPS) is 19.7. The highest BCUT2D eigenvalue weighted by Gasteiger charge is 2.36. The predicted octanol–water partition coefficient (Wildman–Crippen LogP) is -0.947. The lowest BCUT2D eigenvalue weighted by molar-refractivity contribution is -0.144. The summed E-state index contributed by atoms with van der Waals surface area (Å²) in [4.78, 5) is 45.9. The van der Waals surface area contributed by atoms with E-state index in [0.29, 0.717) is 0 Å². The van der Waals surface area contributed by atoms with Crippen molar-refractivity contribution >= 4 is 35.3 Å². The van der Waals surface area contributed by atoms with E-state index >= 15 is 0 Å². The second-order valence-corrected chi connectivity index (χ2v) is 4.02. The molecule has 1 rings (SSSR count). The number of Topliss-reactive ketones (excluding diaryl/α,β-unsaturated/α-hetero) is 2. The van der Waals surface area contributed by atoms with E-state index in [4.69, 9.17) is 0 Å². The van der Waals surface area contributed by atoms with Gasteiger partial charge in [-0.1, -0.05) is 0 Å². The summed E-state index contributed by atoms with van der Waals surface area (Å²) in [6.45, 7) is 2.47. The zero-order chi connectivity index (χ0) is 14.7. The Hall–Kier alpha value is -2.38. The number of ketones is 2. The molecule has 0 bridgehead atoms. The summed E-state index contributed by atoms with van der Waals surface area (Å²) in [7, 11) is 2.68. The van der Waals surface area contributed by atoms with Gasteiger partial charge in [0.1, 0.15) is 11.6 Å². The number of hydrogen-bond donors (Lipinski definition) is 0. The van der Waals surface area contributed by atoms with Crippen molar-refractivity contribution in [2.24, 2.45) is 16.1 Å². The molecule has 1 aliphatic rings. The molecule has 1 atom stereocenters. The highest BCUT2D eigenvalue weighted by molar-refractivity contribution is 6.55. The molecule has 8 heteroatoms. The minimum atomic E-state index is -1.15. The van der Waals surface area contributed by atoms with Gasteiger partial charge in [-0.2, -0.15) is 10.2 Å². The average molecular weight is 266 g/mol. The molecule has 0 spiro atoms. The third-order valence-corrected chi connectivity index (χ3v) is 2.54. The Morgan fingerprint density at radius 3 is 2.42 bits per heavy atom. The van der Waals surface area contributed by atoms with E-state index in [-0.39, 0.29) is 5.71 Å². The van der Waals surface area contributed by atoms with E-state index in [1.54, 1.807) is 0 Å². The monoisotopic (exact) mass is 266 g/mol. The van der Waals surface area contributed by atoms with Crippen LogP contribution in [-0.4, -0.2) is 59.4 Å². The summed E-state index contributed by atoms with van der Waals surface area (Å²) in [5.41, 5.74) is -0.187. The van der Waals surface area contributed by atoms with Crippen LogP contribution >= 0.6 is 0 Å². The van der Waals surface area contributed by atoms with Crippen LogP contribution in [0.15, 0.2) is 10.2 Å². The first-order chi connectivity index (χ1) is 8.75. The van der Waals surface area contributed by atoms with E-state index in [0.717, 1.165) is 16.2 Å². The maximum atomic E-state index is 11.8. The van der Waals surface area contributed by atoms with Crippen LogP contribution in [0.5, 0.6) is 0 Å². The molecule has 0 aliphatic carbocycles. The van der Waals surface area contributed by atoms with Crippen LogP contribution in [0, 0.1) is 5.92 Å². The number of carbonyl (C=O) groups excluding carboxylic acids is 4. The van der Waals surface area contributed by atoms with Crippen molar-refractivity contribution in [1.82, 2.24) is 10.0 Å². The zero-order valence-corrected chi connectivity index (χ0v) is 11.1. The Morgan fingerprint density at radius 2 is 1.95 bits per heavy atom. The van der Waals surface area contributed by atoms with E-state index in [1.165, 1.54) is 27.9 Å². The van der Waals surface area contributed by atoms with Crippen LogP contribution in [0.3, 0.4) is 0 Å². The summed E-state index contributed by atoms with van der Waals surface area (Å²) in [6, 6.07) is 0. The SMILES string of the molecule is CC(=O)/C(=N\N(C)C(C)=O)C1C=NN(C)C(=O)C1=O. The molecule has 0 fully saturated rings. The highest BCUT2D eigenvalue weighted by atomic mass is 16.2. The molecule has 0 aromatic carbocycles. The maximum Gasteiger partial charge on any atom is 0.310 e. The predicted molar refractivity (Wildman–Crippen MR) is 66.3 cm³/mol. The van der Waals surface area contributed by atoms with Crippen molar-refractivity contribution in [2.45, 2.75) is 13.8 Å². The van der Waals surface area contributed by atoms with Gasteiger partial charge in [-0.3, -0.25) is 19.2 Å². The quantitative estimate of drug-likeness (QED) is 0.373. The number of carbonyl (C=O) groups is 4. The Kier molecular flexibility index (Phi) is 4.26. The number of hydrogen-bond acceptors (Lipinski definition) is 6. The van der Waals surface area contributed by atoms with E-state index in [2.05, 4.69) is 10.2 Å². The number of likely N-dealkylation sites (N-methyl/N-ethyl adjacent to an activating group) is 1. The topological polar surface area (TPSA) is 99.5 Å². The van der Waals surface area contributed by atoms with Crippen molar-refractivity contribution in [3.05, 3.63) is 0 Å². The summed E-state index contributed by atoms with van der Waals surface area (Å²) in [5.74, 6) is -3.68. The molecule has 0 aromatic rings. The summed E-state index contributed by atoms with van der Waals surface area (Å²) in [5, 5.41) is 9.29. The summed E-state index contributed by atoms with van der Waals surface area (Å²) >= 11 is 0. The second-order valence-electron chi connectivity index (χ2n) is 4.02. The first-order valence-electron chi connectivity index (χ1n) is 5.45. The molecular weight excluding hydrogens is 252 g/mol. The van der Waals surface area contributed by atoms with Gasteiger partial charge in [-0.25, -0.2) is 10.0 Å². The Bertz CT molecular complexity index is 509. The molecule has 0 saturated carbocycles.